The summed E-state index contributed by atoms with van der Waals surface area (Å²) in [7, 11) is 0. The van der Waals surface area contributed by atoms with Crippen LogP contribution < -0.4 is 10.9 Å². The summed E-state index contributed by atoms with van der Waals surface area (Å²) in [6.07, 6.45) is 6.19. The number of nitrogens with one attached hydrogen (secondary N) is 2. The molecule has 4 rings (SSSR count). The molecule has 0 amide bonds. The molecule has 130 valence electrons. The average Bonchev–Trinajstić information content (AvgIpc) is 2.99. The van der Waals surface area contributed by atoms with Crippen LogP contribution in [0.4, 0.5) is 5.95 Å². The minimum absolute atomic E-state index is 0.162. The number of benzene rings is 1. The van der Waals surface area contributed by atoms with E-state index in [-0.39, 0.29) is 5.56 Å². The lowest BCUT2D eigenvalue weighted by Gasteiger charge is -2.35. The Labute approximate surface area is 146 Å². The van der Waals surface area contributed by atoms with Gasteiger partial charge in [-0.05, 0) is 36.8 Å². The Morgan fingerprint density at radius 3 is 2.84 bits per heavy atom. The maximum atomic E-state index is 12.4. The quantitative estimate of drug-likeness (QED) is 0.767. The summed E-state index contributed by atoms with van der Waals surface area (Å²) in [5.74, 6) is 0.526. The van der Waals surface area contributed by atoms with E-state index in [9.17, 15) is 4.79 Å². The minimum Gasteiger partial charge on any atom is -0.353 e. The molecule has 1 aromatic carbocycles. The van der Waals surface area contributed by atoms with Crippen molar-refractivity contribution in [2.24, 2.45) is 5.41 Å². The van der Waals surface area contributed by atoms with Crippen molar-refractivity contribution in [1.29, 1.82) is 0 Å². The van der Waals surface area contributed by atoms with Gasteiger partial charge in [0.25, 0.3) is 5.56 Å². The summed E-state index contributed by atoms with van der Waals surface area (Å²) in [5.41, 5.74) is 1.63. The fraction of sp³-hybridized carbons (Fsp3) is 0.421. The molecule has 1 aliphatic rings. The zero-order valence-corrected chi connectivity index (χ0v) is 14.6. The van der Waals surface area contributed by atoms with Gasteiger partial charge in [-0.2, -0.15) is 10.1 Å². The van der Waals surface area contributed by atoms with Crippen LogP contribution in [0.2, 0.25) is 0 Å². The Bertz CT molecular complexity index is 941. The second kappa shape index (κ2) is 6.02. The number of aromatic amines is 1. The smallest absolute Gasteiger partial charge is 0.263 e. The monoisotopic (exact) mass is 337 g/mol. The number of nitrogens with zero attached hydrogens (tertiary/aromatic N) is 3. The van der Waals surface area contributed by atoms with Gasteiger partial charge in [-0.1, -0.05) is 38.5 Å². The molecule has 1 unspecified atom stereocenters. The Hall–Kier alpha value is -2.63. The Kier molecular flexibility index (Phi) is 3.82. The van der Waals surface area contributed by atoms with E-state index < -0.39 is 0 Å². The molecule has 0 bridgehead atoms. The summed E-state index contributed by atoms with van der Waals surface area (Å²) in [6, 6.07) is 10.1. The van der Waals surface area contributed by atoms with E-state index in [1.54, 1.807) is 10.9 Å². The second-order valence-corrected chi connectivity index (χ2v) is 7.65. The molecule has 3 aromatic rings. The maximum absolute atomic E-state index is 12.4. The minimum atomic E-state index is -0.162. The number of H-pyrrole nitrogens is 1. The van der Waals surface area contributed by atoms with E-state index in [2.05, 4.69) is 34.2 Å². The lowest BCUT2D eigenvalue weighted by molar-refractivity contribution is 0.229. The highest BCUT2D eigenvalue weighted by Gasteiger charge is 2.28. The van der Waals surface area contributed by atoms with Gasteiger partial charge >= 0.3 is 0 Å². The van der Waals surface area contributed by atoms with Crippen molar-refractivity contribution >= 4 is 17.0 Å². The van der Waals surface area contributed by atoms with Crippen LogP contribution in [0.5, 0.6) is 0 Å². The van der Waals surface area contributed by atoms with Crippen molar-refractivity contribution in [2.45, 2.75) is 45.6 Å². The fourth-order valence-electron chi connectivity index (χ4n) is 3.76. The van der Waals surface area contributed by atoms with Crippen molar-refractivity contribution in [2.75, 3.05) is 5.32 Å². The molecule has 1 aliphatic carbocycles. The first-order valence-corrected chi connectivity index (χ1v) is 8.82. The molecule has 0 spiro atoms. The van der Waals surface area contributed by atoms with Crippen molar-refractivity contribution in [1.82, 2.24) is 19.7 Å². The third kappa shape index (κ3) is 3.16. The van der Waals surface area contributed by atoms with Crippen LogP contribution in [0, 0.1) is 5.41 Å². The van der Waals surface area contributed by atoms with Crippen LogP contribution >= 0.6 is 0 Å². The molecule has 6 heteroatoms. The van der Waals surface area contributed by atoms with Gasteiger partial charge in [0, 0.05) is 6.04 Å². The molecule has 25 heavy (non-hydrogen) atoms. The highest BCUT2D eigenvalue weighted by Crippen LogP contribution is 2.36. The van der Waals surface area contributed by atoms with Crippen LogP contribution in [0.15, 0.2) is 41.3 Å². The molecule has 2 heterocycles. The first-order chi connectivity index (χ1) is 12.0. The van der Waals surface area contributed by atoms with E-state index >= 15 is 0 Å². The SMILES string of the molecule is CC1(C)CCCC(Nc2nc3c(cnn3-c3ccccc3)c(=O)[nH]2)C1. The van der Waals surface area contributed by atoms with Gasteiger partial charge < -0.3 is 5.32 Å². The summed E-state index contributed by atoms with van der Waals surface area (Å²) >= 11 is 0. The molecule has 1 fully saturated rings. The van der Waals surface area contributed by atoms with Crippen molar-refractivity contribution in [3.8, 4) is 5.69 Å². The van der Waals surface area contributed by atoms with E-state index in [1.165, 1.54) is 12.8 Å². The van der Waals surface area contributed by atoms with Crippen LogP contribution in [0.25, 0.3) is 16.7 Å². The number of hydrogen-bond donors (Lipinski definition) is 2. The first-order valence-electron chi connectivity index (χ1n) is 8.82. The van der Waals surface area contributed by atoms with Gasteiger partial charge in [0.05, 0.1) is 11.9 Å². The summed E-state index contributed by atoms with van der Waals surface area (Å²) in [4.78, 5) is 19.9. The molecule has 2 N–H and O–H groups in total. The number of aromatic nitrogens is 4. The van der Waals surface area contributed by atoms with Gasteiger partial charge in [-0.15, -0.1) is 0 Å². The number of rotatable bonds is 3. The molecule has 0 aliphatic heterocycles. The topological polar surface area (TPSA) is 75.6 Å². The Morgan fingerprint density at radius 1 is 1.28 bits per heavy atom. The van der Waals surface area contributed by atoms with Crippen molar-refractivity contribution in [3.63, 3.8) is 0 Å². The Balaban J connectivity index is 1.70. The van der Waals surface area contributed by atoms with Crippen LogP contribution in [0.3, 0.4) is 0 Å². The molecule has 2 aromatic heterocycles. The van der Waals surface area contributed by atoms with E-state index in [0.29, 0.717) is 28.4 Å². The lowest BCUT2D eigenvalue weighted by atomic mass is 9.75. The van der Waals surface area contributed by atoms with Gasteiger partial charge in [-0.3, -0.25) is 9.78 Å². The largest absolute Gasteiger partial charge is 0.353 e. The number of para-hydroxylation sites is 1. The van der Waals surface area contributed by atoms with Gasteiger partial charge in [0.1, 0.15) is 5.39 Å². The molecule has 1 saturated carbocycles. The Morgan fingerprint density at radius 2 is 2.08 bits per heavy atom. The highest BCUT2D eigenvalue weighted by atomic mass is 16.1. The molecule has 0 saturated heterocycles. The molecular weight excluding hydrogens is 314 g/mol. The first kappa shape index (κ1) is 15.9. The summed E-state index contributed by atoms with van der Waals surface area (Å²) in [5, 5.41) is 8.27. The van der Waals surface area contributed by atoms with E-state index in [0.717, 1.165) is 18.5 Å². The van der Waals surface area contributed by atoms with Gasteiger partial charge in [0.2, 0.25) is 5.95 Å². The van der Waals surface area contributed by atoms with Gasteiger partial charge in [-0.25, -0.2) is 4.68 Å². The standard InChI is InChI=1S/C19H23N5O/c1-19(2)10-6-7-13(11-19)21-18-22-16-15(17(25)23-18)12-20-24(16)14-8-4-3-5-9-14/h3-5,8-9,12-13H,6-7,10-11H2,1-2H3,(H2,21,22,23,25). The predicted octanol–water partition coefficient (Wildman–Crippen LogP) is 3.49. The summed E-state index contributed by atoms with van der Waals surface area (Å²) in [6.45, 7) is 4.59. The van der Waals surface area contributed by atoms with Gasteiger partial charge in [0.15, 0.2) is 5.65 Å². The molecular formula is C19H23N5O. The maximum Gasteiger partial charge on any atom is 0.263 e. The highest BCUT2D eigenvalue weighted by molar-refractivity contribution is 5.76. The van der Waals surface area contributed by atoms with Crippen LogP contribution in [0.1, 0.15) is 39.5 Å². The number of hydrogen-bond acceptors (Lipinski definition) is 4. The van der Waals surface area contributed by atoms with Crippen molar-refractivity contribution in [3.05, 3.63) is 46.9 Å². The molecule has 1 atom stereocenters. The van der Waals surface area contributed by atoms with Crippen molar-refractivity contribution < 1.29 is 0 Å². The zero-order valence-electron chi connectivity index (χ0n) is 14.6. The fourth-order valence-corrected chi connectivity index (χ4v) is 3.76. The number of anilines is 1. The third-order valence-electron chi connectivity index (χ3n) is 4.98. The third-order valence-corrected chi connectivity index (χ3v) is 4.98. The molecule has 6 nitrogen and oxygen atoms in total. The normalized spacial score (nSPS) is 19.8. The number of fused-ring (bicyclic) bond motifs is 1. The van der Waals surface area contributed by atoms with E-state index in [4.69, 9.17) is 0 Å². The predicted molar refractivity (Wildman–Crippen MR) is 99.1 cm³/mol. The van der Waals surface area contributed by atoms with Crippen LogP contribution in [-0.2, 0) is 0 Å². The van der Waals surface area contributed by atoms with Crippen LogP contribution in [-0.4, -0.2) is 25.8 Å². The lowest BCUT2D eigenvalue weighted by Crippen LogP contribution is -2.33. The molecule has 0 radical (unpaired) electrons. The average molecular weight is 337 g/mol. The van der Waals surface area contributed by atoms with E-state index in [1.807, 2.05) is 30.3 Å². The second-order valence-electron chi connectivity index (χ2n) is 7.65. The zero-order chi connectivity index (χ0) is 17.4. The summed E-state index contributed by atoms with van der Waals surface area (Å²) < 4.78 is 1.71.